The van der Waals surface area contributed by atoms with E-state index < -0.39 is 0 Å². The van der Waals surface area contributed by atoms with E-state index in [9.17, 15) is 0 Å². The fourth-order valence-electron chi connectivity index (χ4n) is 1.35. The Morgan fingerprint density at radius 2 is 2.24 bits per heavy atom. The molecule has 0 saturated carbocycles. The highest BCUT2D eigenvalue weighted by Crippen LogP contribution is 2.24. The molecule has 0 N–H and O–H groups in total. The number of hydrogen-bond donors (Lipinski definition) is 0. The van der Waals surface area contributed by atoms with Crippen molar-refractivity contribution in [3.8, 4) is 5.75 Å². The average molecular weight is 288 g/mol. The van der Waals surface area contributed by atoms with Crippen LogP contribution in [0, 0.1) is 6.92 Å². The zero-order valence-corrected chi connectivity index (χ0v) is 11.6. The van der Waals surface area contributed by atoms with Gasteiger partial charge in [0.1, 0.15) is 17.4 Å². The molecule has 2 rings (SSSR count). The van der Waals surface area contributed by atoms with Gasteiger partial charge < -0.3 is 4.74 Å². The van der Waals surface area contributed by atoms with Crippen LogP contribution in [0.3, 0.4) is 0 Å². The topological polar surface area (TPSA) is 22.1 Å². The zero-order valence-electron chi connectivity index (χ0n) is 9.24. The minimum absolute atomic E-state index is 0.437. The van der Waals surface area contributed by atoms with Crippen LogP contribution in [0.5, 0.6) is 5.75 Å². The number of nitrogens with zero attached hydrogens (tertiary/aromatic N) is 1. The monoisotopic (exact) mass is 287 g/mol. The minimum atomic E-state index is 0.437. The fraction of sp³-hybridized carbons (Fsp3) is 0.250. The molecule has 17 heavy (non-hydrogen) atoms. The first-order chi connectivity index (χ1) is 8.19. The van der Waals surface area contributed by atoms with Crippen LogP contribution in [0.15, 0.2) is 23.6 Å². The van der Waals surface area contributed by atoms with Gasteiger partial charge in [0.05, 0.1) is 11.6 Å². The van der Waals surface area contributed by atoms with Crippen molar-refractivity contribution in [2.75, 3.05) is 0 Å². The molecule has 90 valence electrons. The largest absolute Gasteiger partial charge is 0.486 e. The van der Waals surface area contributed by atoms with Crippen LogP contribution in [0.4, 0.5) is 0 Å². The maximum atomic E-state index is 5.91. The number of aryl methyl sites for hydroxylation is 1. The van der Waals surface area contributed by atoms with Gasteiger partial charge in [0.15, 0.2) is 0 Å². The van der Waals surface area contributed by atoms with Gasteiger partial charge in [-0.3, -0.25) is 0 Å². The average Bonchev–Trinajstić information content (AvgIpc) is 2.78. The normalized spacial score (nSPS) is 10.5. The minimum Gasteiger partial charge on any atom is -0.486 e. The van der Waals surface area contributed by atoms with Crippen molar-refractivity contribution in [2.24, 2.45) is 0 Å². The van der Waals surface area contributed by atoms with Crippen molar-refractivity contribution < 1.29 is 4.74 Å². The second-order valence-electron chi connectivity index (χ2n) is 3.56. The third-order valence-corrected chi connectivity index (χ3v) is 3.62. The summed E-state index contributed by atoms with van der Waals surface area (Å²) < 4.78 is 5.68. The van der Waals surface area contributed by atoms with Gasteiger partial charge in [-0.25, -0.2) is 4.98 Å². The van der Waals surface area contributed by atoms with Crippen molar-refractivity contribution in [2.45, 2.75) is 19.4 Å². The Labute approximate surface area is 114 Å². The van der Waals surface area contributed by atoms with E-state index in [1.165, 1.54) is 0 Å². The van der Waals surface area contributed by atoms with E-state index in [0.717, 1.165) is 22.0 Å². The Hall–Kier alpha value is -0.770. The van der Waals surface area contributed by atoms with Gasteiger partial charge in [0, 0.05) is 10.4 Å². The first-order valence-corrected chi connectivity index (χ1v) is 6.86. The number of alkyl halides is 1. The number of thiazole rings is 1. The van der Waals surface area contributed by atoms with Crippen LogP contribution in [0.25, 0.3) is 0 Å². The Kier molecular flexibility index (Phi) is 4.26. The molecule has 0 aliphatic rings. The van der Waals surface area contributed by atoms with Crippen LogP contribution in [-0.2, 0) is 12.5 Å². The molecule has 1 aromatic carbocycles. The Bertz CT molecular complexity index is 513. The molecule has 0 unspecified atom stereocenters. The summed E-state index contributed by atoms with van der Waals surface area (Å²) in [7, 11) is 0. The lowest BCUT2D eigenvalue weighted by molar-refractivity contribution is 0.303. The molecule has 2 aromatic rings. The Morgan fingerprint density at radius 1 is 1.41 bits per heavy atom. The predicted octanol–water partition coefficient (Wildman–Crippen LogP) is 4.42. The molecule has 5 heteroatoms. The third kappa shape index (κ3) is 3.35. The van der Waals surface area contributed by atoms with Crippen molar-refractivity contribution in [3.05, 3.63) is 44.9 Å². The molecule has 0 radical (unpaired) electrons. The van der Waals surface area contributed by atoms with Gasteiger partial charge in [-0.1, -0.05) is 17.7 Å². The van der Waals surface area contributed by atoms with E-state index in [2.05, 4.69) is 4.98 Å². The van der Waals surface area contributed by atoms with E-state index in [4.69, 9.17) is 27.9 Å². The van der Waals surface area contributed by atoms with E-state index >= 15 is 0 Å². The summed E-state index contributed by atoms with van der Waals surface area (Å²) in [5, 5.41) is 3.53. The lowest BCUT2D eigenvalue weighted by Crippen LogP contribution is -1.96. The van der Waals surface area contributed by atoms with Gasteiger partial charge >= 0.3 is 0 Å². The number of hydrogen-bond acceptors (Lipinski definition) is 3. The Balaban J connectivity index is 2.04. The summed E-state index contributed by atoms with van der Waals surface area (Å²) in [5.74, 6) is 1.23. The second-order valence-corrected chi connectivity index (χ2v) is 5.21. The highest BCUT2D eigenvalue weighted by Gasteiger charge is 2.04. The number of benzene rings is 1. The molecular weight excluding hydrogens is 277 g/mol. The van der Waals surface area contributed by atoms with Crippen molar-refractivity contribution in [3.63, 3.8) is 0 Å². The third-order valence-electron chi connectivity index (χ3n) is 2.24. The zero-order chi connectivity index (χ0) is 12.3. The first kappa shape index (κ1) is 12.7. The number of rotatable bonds is 4. The van der Waals surface area contributed by atoms with Crippen LogP contribution in [-0.4, -0.2) is 4.98 Å². The number of aromatic nitrogens is 1. The predicted molar refractivity (Wildman–Crippen MR) is 72.2 cm³/mol. The SMILES string of the molecule is Cc1ccc(Cl)cc1OCc1nc(CCl)cs1. The summed E-state index contributed by atoms with van der Waals surface area (Å²) >= 11 is 13.2. The Morgan fingerprint density at radius 3 is 2.94 bits per heavy atom. The summed E-state index contributed by atoms with van der Waals surface area (Å²) in [6.07, 6.45) is 0. The molecule has 0 amide bonds. The maximum Gasteiger partial charge on any atom is 0.140 e. The molecule has 0 spiro atoms. The van der Waals surface area contributed by atoms with Crippen molar-refractivity contribution >= 4 is 34.5 Å². The molecule has 0 fully saturated rings. The lowest BCUT2D eigenvalue weighted by atomic mass is 10.2. The highest BCUT2D eigenvalue weighted by atomic mass is 35.5. The van der Waals surface area contributed by atoms with E-state index in [1.807, 2.05) is 30.5 Å². The van der Waals surface area contributed by atoms with E-state index in [1.54, 1.807) is 11.3 Å². The molecule has 2 nitrogen and oxygen atoms in total. The molecule has 0 aliphatic carbocycles. The van der Waals surface area contributed by atoms with Crippen molar-refractivity contribution in [1.29, 1.82) is 0 Å². The van der Waals surface area contributed by atoms with Crippen LogP contribution < -0.4 is 4.74 Å². The summed E-state index contributed by atoms with van der Waals surface area (Å²) in [5.41, 5.74) is 1.95. The summed E-state index contributed by atoms with van der Waals surface area (Å²) in [6.45, 7) is 2.43. The molecule has 0 saturated heterocycles. The second kappa shape index (κ2) is 5.71. The fourth-order valence-corrected chi connectivity index (χ4v) is 2.44. The van der Waals surface area contributed by atoms with Crippen LogP contribution in [0.1, 0.15) is 16.3 Å². The maximum absolute atomic E-state index is 5.91. The van der Waals surface area contributed by atoms with Gasteiger partial charge in [-0.05, 0) is 24.6 Å². The van der Waals surface area contributed by atoms with E-state index in [0.29, 0.717) is 17.5 Å². The van der Waals surface area contributed by atoms with Gasteiger partial charge in [0.2, 0.25) is 0 Å². The summed E-state index contributed by atoms with van der Waals surface area (Å²) in [6, 6.07) is 5.59. The molecule has 0 bridgehead atoms. The van der Waals surface area contributed by atoms with Crippen LogP contribution in [0.2, 0.25) is 5.02 Å². The number of ether oxygens (including phenoxy) is 1. The molecule has 0 atom stereocenters. The van der Waals surface area contributed by atoms with Crippen LogP contribution >= 0.6 is 34.5 Å². The quantitative estimate of drug-likeness (QED) is 0.777. The molecular formula is C12H11Cl2NOS. The summed E-state index contributed by atoms with van der Waals surface area (Å²) in [4.78, 5) is 4.32. The van der Waals surface area contributed by atoms with E-state index in [-0.39, 0.29) is 0 Å². The highest BCUT2D eigenvalue weighted by molar-refractivity contribution is 7.09. The lowest BCUT2D eigenvalue weighted by Gasteiger charge is -2.07. The molecule has 1 aromatic heterocycles. The first-order valence-electron chi connectivity index (χ1n) is 5.07. The van der Waals surface area contributed by atoms with Gasteiger partial charge in [0.25, 0.3) is 0 Å². The standard InChI is InChI=1S/C12H11Cl2NOS/c1-8-2-3-9(14)4-11(8)16-6-12-15-10(5-13)7-17-12/h2-4,7H,5-6H2,1H3. The van der Waals surface area contributed by atoms with Crippen molar-refractivity contribution in [1.82, 2.24) is 4.98 Å². The van der Waals surface area contributed by atoms with Gasteiger partial charge in [-0.2, -0.15) is 0 Å². The van der Waals surface area contributed by atoms with Gasteiger partial charge in [-0.15, -0.1) is 22.9 Å². The smallest absolute Gasteiger partial charge is 0.140 e. The molecule has 0 aliphatic heterocycles. The molecule has 1 heterocycles. The number of halogens is 2.